The number of nitrogens with zero attached hydrogens (tertiary/aromatic N) is 2. The lowest BCUT2D eigenvalue weighted by Crippen LogP contribution is -2.12. The zero-order valence-corrected chi connectivity index (χ0v) is 15.3. The lowest BCUT2D eigenvalue weighted by atomic mass is 10.1. The van der Waals surface area contributed by atoms with Gasteiger partial charge in [-0.05, 0) is 50.6 Å². The van der Waals surface area contributed by atoms with E-state index >= 15 is 0 Å². The molecule has 1 aromatic heterocycles. The Bertz CT molecular complexity index is 882. The molecule has 3 aromatic rings. The Labute approximate surface area is 153 Å². The van der Waals surface area contributed by atoms with Crippen LogP contribution in [0.5, 0.6) is 5.75 Å². The quantitative estimate of drug-likeness (QED) is 0.723. The smallest absolute Gasteiger partial charge is 0.255 e. The highest BCUT2D eigenvalue weighted by molar-refractivity contribution is 6.04. The molecule has 0 fully saturated rings. The zero-order chi connectivity index (χ0) is 18.5. The van der Waals surface area contributed by atoms with Gasteiger partial charge >= 0.3 is 0 Å². The molecule has 0 saturated carbocycles. The molecule has 0 bridgehead atoms. The molecule has 5 nitrogen and oxygen atoms in total. The Morgan fingerprint density at radius 1 is 1.19 bits per heavy atom. The predicted molar refractivity (Wildman–Crippen MR) is 103 cm³/mol. The van der Waals surface area contributed by atoms with Gasteiger partial charge in [0.15, 0.2) is 0 Å². The third-order valence-electron chi connectivity index (χ3n) is 3.96. The number of carbonyl (C=O) groups is 1. The Hall–Kier alpha value is -3.08. The SMILES string of the molecule is Cc1nccn1Cc1ccc(C(=O)Nc2cccc(OC(C)C)c2)cc1. The van der Waals surface area contributed by atoms with Crippen LogP contribution in [0.1, 0.15) is 35.6 Å². The first-order valence-corrected chi connectivity index (χ1v) is 8.66. The van der Waals surface area contributed by atoms with E-state index in [1.165, 1.54) is 0 Å². The molecule has 0 aliphatic rings. The number of aryl methyl sites for hydroxylation is 1. The highest BCUT2D eigenvalue weighted by Crippen LogP contribution is 2.19. The fourth-order valence-corrected chi connectivity index (χ4v) is 2.65. The number of hydrogen-bond acceptors (Lipinski definition) is 3. The molecule has 134 valence electrons. The van der Waals surface area contributed by atoms with Gasteiger partial charge in [0.2, 0.25) is 0 Å². The van der Waals surface area contributed by atoms with Crippen molar-refractivity contribution in [2.24, 2.45) is 0 Å². The molecular formula is C21H23N3O2. The van der Waals surface area contributed by atoms with E-state index in [2.05, 4.69) is 14.9 Å². The number of hydrogen-bond donors (Lipinski definition) is 1. The number of anilines is 1. The van der Waals surface area contributed by atoms with Crippen LogP contribution >= 0.6 is 0 Å². The minimum atomic E-state index is -0.142. The third-order valence-corrected chi connectivity index (χ3v) is 3.96. The Balaban J connectivity index is 1.66. The van der Waals surface area contributed by atoms with Gasteiger partial charge in [-0.2, -0.15) is 0 Å². The second kappa shape index (κ2) is 7.87. The normalized spacial score (nSPS) is 10.8. The number of rotatable bonds is 6. The van der Waals surface area contributed by atoms with E-state index in [0.29, 0.717) is 11.3 Å². The molecule has 2 aromatic carbocycles. The van der Waals surface area contributed by atoms with Crippen molar-refractivity contribution in [3.05, 3.63) is 77.9 Å². The van der Waals surface area contributed by atoms with Crippen molar-refractivity contribution in [1.29, 1.82) is 0 Å². The maximum Gasteiger partial charge on any atom is 0.255 e. The van der Waals surface area contributed by atoms with Gasteiger partial charge in [0.25, 0.3) is 5.91 Å². The van der Waals surface area contributed by atoms with Crippen LogP contribution in [-0.4, -0.2) is 21.6 Å². The first-order chi connectivity index (χ1) is 12.5. The lowest BCUT2D eigenvalue weighted by Gasteiger charge is -2.12. The summed E-state index contributed by atoms with van der Waals surface area (Å²) in [4.78, 5) is 16.7. The van der Waals surface area contributed by atoms with E-state index < -0.39 is 0 Å². The summed E-state index contributed by atoms with van der Waals surface area (Å²) in [7, 11) is 0. The van der Waals surface area contributed by atoms with Gasteiger partial charge in [0.05, 0.1) is 6.10 Å². The summed E-state index contributed by atoms with van der Waals surface area (Å²) in [5.74, 6) is 1.57. The van der Waals surface area contributed by atoms with Gasteiger partial charge in [-0.25, -0.2) is 4.98 Å². The monoisotopic (exact) mass is 349 g/mol. The predicted octanol–water partition coefficient (Wildman–Crippen LogP) is 4.28. The maximum atomic E-state index is 12.5. The number of carbonyl (C=O) groups excluding carboxylic acids is 1. The molecule has 0 spiro atoms. The molecule has 1 heterocycles. The highest BCUT2D eigenvalue weighted by Gasteiger charge is 2.08. The van der Waals surface area contributed by atoms with E-state index in [9.17, 15) is 4.79 Å². The number of benzene rings is 2. The summed E-state index contributed by atoms with van der Waals surface area (Å²) < 4.78 is 7.72. The topological polar surface area (TPSA) is 56.2 Å². The Morgan fingerprint density at radius 3 is 2.62 bits per heavy atom. The van der Waals surface area contributed by atoms with E-state index in [0.717, 1.165) is 23.7 Å². The molecule has 0 unspecified atom stereocenters. The fraction of sp³-hybridized carbons (Fsp3) is 0.238. The number of aromatic nitrogens is 2. The first kappa shape index (κ1) is 17.7. The Morgan fingerprint density at radius 2 is 1.96 bits per heavy atom. The van der Waals surface area contributed by atoms with Crippen LogP contribution in [0.4, 0.5) is 5.69 Å². The van der Waals surface area contributed by atoms with Gasteiger partial charge in [0.1, 0.15) is 11.6 Å². The molecule has 5 heteroatoms. The van der Waals surface area contributed by atoms with E-state index in [1.807, 2.05) is 75.5 Å². The molecule has 1 N–H and O–H groups in total. The van der Waals surface area contributed by atoms with Crippen molar-refractivity contribution in [3.63, 3.8) is 0 Å². The molecule has 0 saturated heterocycles. The summed E-state index contributed by atoms with van der Waals surface area (Å²) in [6.07, 6.45) is 3.82. The van der Waals surface area contributed by atoms with Crippen LogP contribution in [0.3, 0.4) is 0 Å². The standard InChI is InChI=1S/C21H23N3O2/c1-15(2)26-20-6-4-5-19(13-20)23-21(25)18-9-7-17(8-10-18)14-24-12-11-22-16(24)3/h4-13,15H,14H2,1-3H3,(H,23,25). The van der Waals surface area contributed by atoms with Crippen LogP contribution in [0.25, 0.3) is 0 Å². The second-order valence-electron chi connectivity index (χ2n) is 6.45. The van der Waals surface area contributed by atoms with Crippen LogP contribution in [0.2, 0.25) is 0 Å². The summed E-state index contributed by atoms with van der Waals surface area (Å²) in [5, 5.41) is 2.91. The van der Waals surface area contributed by atoms with Gasteiger partial charge in [-0.15, -0.1) is 0 Å². The van der Waals surface area contributed by atoms with Crippen molar-refractivity contribution in [2.45, 2.75) is 33.4 Å². The van der Waals surface area contributed by atoms with Crippen LogP contribution < -0.4 is 10.1 Å². The molecule has 0 aliphatic carbocycles. The van der Waals surface area contributed by atoms with Gasteiger partial charge in [-0.1, -0.05) is 18.2 Å². The van der Waals surface area contributed by atoms with Crippen molar-refractivity contribution < 1.29 is 9.53 Å². The van der Waals surface area contributed by atoms with Crippen molar-refractivity contribution >= 4 is 11.6 Å². The summed E-state index contributed by atoms with van der Waals surface area (Å²) in [6, 6.07) is 15.0. The van der Waals surface area contributed by atoms with Crippen LogP contribution in [-0.2, 0) is 6.54 Å². The Kier molecular flexibility index (Phi) is 5.37. The fourth-order valence-electron chi connectivity index (χ4n) is 2.65. The zero-order valence-electron chi connectivity index (χ0n) is 15.3. The lowest BCUT2D eigenvalue weighted by molar-refractivity contribution is 0.102. The summed E-state index contributed by atoms with van der Waals surface area (Å²) in [6.45, 7) is 6.65. The summed E-state index contributed by atoms with van der Waals surface area (Å²) in [5.41, 5.74) is 2.45. The van der Waals surface area contributed by atoms with Gasteiger partial charge < -0.3 is 14.6 Å². The third kappa shape index (κ3) is 4.51. The number of imidazole rings is 1. The number of amides is 1. The van der Waals surface area contributed by atoms with E-state index in [-0.39, 0.29) is 12.0 Å². The van der Waals surface area contributed by atoms with Gasteiger partial charge in [-0.3, -0.25) is 4.79 Å². The highest BCUT2D eigenvalue weighted by atomic mass is 16.5. The molecule has 26 heavy (non-hydrogen) atoms. The molecule has 0 atom stereocenters. The number of ether oxygens (including phenoxy) is 1. The molecule has 3 rings (SSSR count). The first-order valence-electron chi connectivity index (χ1n) is 8.66. The average Bonchev–Trinajstić information content (AvgIpc) is 3.00. The van der Waals surface area contributed by atoms with E-state index in [1.54, 1.807) is 6.20 Å². The second-order valence-corrected chi connectivity index (χ2v) is 6.45. The molecule has 0 radical (unpaired) electrons. The minimum absolute atomic E-state index is 0.0904. The van der Waals surface area contributed by atoms with Crippen molar-refractivity contribution in [2.75, 3.05) is 5.32 Å². The van der Waals surface area contributed by atoms with Gasteiger partial charge in [0, 0.05) is 36.3 Å². The minimum Gasteiger partial charge on any atom is -0.491 e. The molecule has 0 aliphatic heterocycles. The molecule has 1 amide bonds. The number of nitrogens with one attached hydrogen (secondary N) is 1. The molecular weight excluding hydrogens is 326 g/mol. The van der Waals surface area contributed by atoms with E-state index in [4.69, 9.17) is 4.74 Å². The van der Waals surface area contributed by atoms with Crippen molar-refractivity contribution in [3.8, 4) is 5.75 Å². The largest absolute Gasteiger partial charge is 0.491 e. The van der Waals surface area contributed by atoms with Crippen LogP contribution in [0.15, 0.2) is 60.9 Å². The maximum absolute atomic E-state index is 12.5. The average molecular weight is 349 g/mol. The van der Waals surface area contributed by atoms with Crippen molar-refractivity contribution in [1.82, 2.24) is 9.55 Å². The van der Waals surface area contributed by atoms with Crippen LogP contribution in [0, 0.1) is 6.92 Å². The summed E-state index contributed by atoms with van der Waals surface area (Å²) >= 11 is 0.